The summed E-state index contributed by atoms with van der Waals surface area (Å²) in [7, 11) is 0. The summed E-state index contributed by atoms with van der Waals surface area (Å²) in [6, 6.07) is 2.57. The minimum atomic E-state index is 0.794. The van der Waals surface area contributed by atoms with Gasteiger partial charge in [-0.25, -0.2) is 0 Å². The smallest absolute Gasteiger partial charge is 0.0198 e. The first kappa shape index (κ1) is 12.9. The van der Waals surface area contributed by atoms with Crippen LogP contribution >= 0.6 is 0 Å². The zero-order valence-electron chi connectivity index (χ0n) is 11.9. The second-order valence-corrected chi connectivity index (χ2v) is 6.77. The van der Waals surface area contributed by atoms with Crippen molar-refractivity contribution in [3.63, 3.8) is 0 Å². The Labute approximate surface area is 113 Å². The van der Waals surface area contributed by atoms with Gasteiger partial charge >= 0.3 is 0 Å². The Morgan fingerprint density at radius 2 is 1.33 bits per heavy atom. The van der Waals surface area contributed by atoms with Crippen LogP contribution in [0.4, 0.5) is 0 Å². The Balaban J connectivity index is 1.47. The fraction of sp³-hybridized carbons (Fsp3) is 1.00. The molecule has 1 atom stereocenters. The van der Waals surface area contributed by atoms with Crippen molar-refractivity contribution in [1.82, 2.24) is 10.2 Å². The molecule has 0 bridgehead atoms. The molecule has 104 valence electrons. The van der Waals surface area contributed by atoms with Crippen LogP contribution in [0.2, 0.25) is 0 Å². The van der Waals surface area contributed by atoms with Crippen LogP contribution < -0.4 is 5.32 Å². The molecule has 0 aromatic rings. The van der Waals surface area contributed by atoms with E-state index in [0.717, 1.165) is 18.1 Å². The lowest BCUT2D eigenvalue weighted by Gasteiger charge is -2.39. The zero-order chi connectivity index (χ0) is 12.2. The molecule has 2 aliphatic carbocycles. The van der Waals surface area contributed by atoms with Gasteiger partial charge < -0.3 is 5.32 Å². The van der Waals surface area contributed by atoms with E-state index >= 15 is 0 Å². The number of nitrogens with zero attached hydrogens (tertiary/aromatic N) is 1. The van der Waals surface area contributed by atoms with Crippen LogP contribution in [0, 0.1) is 0 Å². The lowest BCUT2D eigenvalue weighted by atomic mass is 9.93. The molecule has 0 aromatic carbocycles. The minimum Gasteiger partial charge on any atom is -0.310 e. The molecule has 1 N–H and O–H groups in total. The van der Waals surface area contributed by atoms with E-state index in [4.69, 9.17) is 0 Å². The maximum absolute atomic E-state index is 3.97. The van der Waals surface area contributed by atoms with Gasteiger partial charge in [0.1, 0.15) is 0 Å². The summed E-state index contributed by atoms with van der Waals surface area (Å²) in [5, 5.41) is 3.97. The van der Waals surface area contributed by atoms with E-state index in [1.165, 1.54) is 83.7 Å². The van der Waals surface area contributed by atoms with Gasteiger partial charge in [-0.1, -0.05) is 32.1 Å². The van der Waals surface area contributed by atoms with Crippen molar-refractivity contribution in [1.29, 1.82) is 0 Å². The third-order valence-corrected chi connectivity index (χ3v) is 5.37. The molecule has 3 fully saturated rings. The third kappa shape index (κ3) is 3.27. The van der Waals surface area contributed by atoms with E-state index in [1.807, 2.05) is 0 Å². The largest absolute Gasteiger partial charge is 0.310 e. The van der Waals surface area contributed by atoms with Crippen LogP contribution in [0.5, 0.6) is 0 Å². The lowest BCUT2D eigenvalue weighted by molar-refractivity contribution is 0.130. The van der Waals surface area contributed by atoms with E-state index in [-0.39, 0.29) is 0 Å². The molecular formula is C16H30N2. The van der Waals surface area contributed by atoms with Crippen molar-refractivity contribution >= 4 is 0 Å². The van der Waals surface area contributed by atoms with Gasteiger partial charge in [0.05, 0.1) is 0 Å². The Bertz CT molecular complexity index is 241. The average Bonchev–Trinajstić information content (AvgIpc) is 2.94. The first-order valence-electron chi connectivity index (χ1n) is 8.42. The van der Waals surface area contributed by atoms with E-state index in [0.29, 0.717) is 0 Å². The molecule has 2 saturated carbocycles. The Morgan fingerprint density at radius 1 is 0.667 bits per heavy atom. The molecular weight excluding hydrogens is 220 g/mol. The third-order valence-electron chi connectivity index (χ3n) is 5.37. The predicted molar refractivity (Wildman–Crippen MR) is 76.9 cm³/mol. The highest BCUT2D eigenvalue weighted by Crippen LogP contribution is 2.27. The fourth-order valence-electron chi connectivity index (χ4n) is 4.35. The molecule has 3 rings (SSSR count). The second kappa shape index (κ2) is 6.38. The van der Waals surface area contributed by atoms with Gasteiger partial charge in [0, 0.05) is 24.7 Å². The molecule has 1 aliphatic heterocycles. The van der Waals surface area contributed by atoms with Crippen molar-refractivity contribution in [2.24, 2.45) is 0 Å². The molecule has 2 nitrogen and oxygen atoms in total. The highest BCUT2D eigenvalue weighted by Gasteiger charge is 2.28. The van der Waals surface area contributed by atoms with E-state index in [1.54, 1.807) is 0 Å². The summed E-state index contributed by atoms with van der Waals surface area (Å²) in [4.78, 5) is 2.80. The van der Waals surface area contributed by atoms with Crippen LogP contribution in [-0.4, -0.2) is 36.1 Å². The molecule has 0 aromatic heterocycles. The van der Waals surface area contributed by atoms with Crippen molar-refractivity contribution < 1.29 is 0 Å². The van der Waals surface area contributed by atoms with Crippen LogP contribution in [0.3, 0.4) is 0 Å². The van der Waals surface area contributed by atoms with Gasteiger partial charge in [-0.2, -0.15) is 0 Å². The summed E-state index contributed by atoms with van der Waals surface area (Å²) < 4.78 is 0. The molecule has 18 heavy (non-hydrogen) atoms. The van der Waals surface area contributed by atoms with Crippen LogP contribution in [0.1, 0.15) is 70.6 Å². The first-order chi connectivity index (χ1) is 8.92. The van der Waals surface area contributed by atoms with Crippen LogP contribution in [0.25, 0.3) is 0 Å². The van der Waals surface area contributed by atoms with Gasteiger partial charge in [0.2, 0.25) is 0 Å². The quantitative estimate of drug-likeness (QED) is 0.826. The number of hydrogen-bond acceptors (Lipinski definition) is 2. The number of piperidine rings is 1. The van der Waals surface area contributed by atoms with Gasteiger partial charge in [-0.15, -0.1) is 0 Å². The number of hydrogen-bond donors (Lipinski definition) is 1. The van der Waals surface area contributed by atoms with Crippen molar-refractivity contribution in [2.75, 3.05) is 13.1 Å². The zero-order valence-corrected chi connectivity index (χ0v) is 11.9. The van der Waals surface area contributed by atoms with Crippen molar-refractivity contribution in [3.8, 4) is 0 Å². The summed E-state index contributed by atoms with van der Waals surface area (Å²) in [6.45, 7) is 2.70. The molecule has 0 spiro atoms. The topological polar surface area (TPSA) is 15.3 Å². The molecule has 1 unspecified atom stereocenters. The van der Waals surface area contributed by atoms with E-state index in [9.17, 15) is 0 Å². The monoisotopic (exact) mass is 250 g/mol. The highest BCUT2D eigenvalue weighted by atomic mass is 15.2. The van der Waals surface area contributed by atoms with Gasteiger partial charge in [-0.3, -0.25) is 4.90 Å². The van der Waals surface area contributed by atoms with E-state index in [2.05, 4.69) is 10.2 Å². The lowest BCUT2D eigenvalue weighted by Crippen LogP contribution is -2.51. The van der Waals surface area contributed by atoms with Crippen molar-refractivity contribution in [2.45, 2.75) is 88.8 Å². The number of rotatable bonds is 3. The molecule has 1 heterocycles. The molecule has 2 heteroatoms. The molecule has 3 aliphatic rings. The SMILES string of the molecule is C1CCC(NC2CCCN(C3CCCC3)C2)CC1. The van der Waals surface area contributed by atoms with Crippen LogP contribution in [-0.2, 0) is 0 Å². The first-order valence-corrected chi connectivity index (χ1v) is 8.42. The highest BCUT2D eigenvalue weighted by molar-refractivity contribution is 4.87. The van der Waals surface area contributed by atoms with Crippen molar-refractivity contribution in [3.05, 3.63) is 0 Å². The van der Waals surface area contributed by atoms with Gasteiger partial charge in [0.15, 0.2) is 0 Å². The maximum atomic E-state index is 3.97. The normalized spacial score (nSPS) is 33.0. The fourth-order valence-corrected chi connectivity index (χ4v) is 4.35. The Morgan fingerprint density at radius 3 is 2.11 bits per heavy atom. The molecule has 0 radical (unpaired) electrons. The van der Waals surface area contributed by atoms with E-state index < -0.39 is 0 Å². The number of likely N-dealkylation sites (tertiary alicyclic amines) is 1. The summed E-state index contributed by atoms with van der Waals surface area (Å²) in [6.07, 6.45) is 16.0. The predicted octanol–water partition coefficient (Wildman–Crippen LogP) is 3.32. The summed E-state index contributed by atoms with van der Waals surface area (Å²) >= 11 is 0. The number of nitrogens with one attached hydrogen (secondary N) is 1. The standard InChI is InChI=1S/C16H30N2/c1-2-7-14(8-3-1)17-15-9-6-12-18(13-15)16-10-4-5-11-16/h14-17H,1-13H2. The van der Waals surface area contributed by atoms with Gasteiger partial charge in [-0.05, 0) is 45.1 Å². The van der Waals surface area contributed by atoms with Gasteiger partial charge in [0.25, 0.3) is 0 Å². The molecule has 1 saturated heterocycles. The molecule has 0 amide bonds. The minimum absolute atomic E-state index is 0.794. The Kier molecular flexibility index (Phi) is 4.58. The summed E-state index contributed by atoms with van der Waals surface area (Å²) in [5.41, 5.74) is 0. The van der Waals surface area contributed by atoms with Crippen LogP contribution in [0.15, 0.2) is 0 Å². The average molecular weight is 250 g/mol. The Hall–Kier alpha value is -0.0800. The summed E-state index contributed by atoms with van der Waals surface area (Å²) in [5.74, 6) is 0. The maximum Gasteiger partial charge on any atom is 0.0198 e. The second-order valence-electron chi connectivity index (χ2n) is 6.77.